The third-order valence-corrected chi connectivity index (χ3v) is 2.91. The van der Waals surface area contributed by atoms with E-state index in [9.17, 15) is 0 Å². The Morgan fingerprint density at radius 1 is 1.12 bits per heavy atom. The summed E-state index contributed by atoms with van der Waals surface area (Å²) in [6.07, 6.45) is 0.886. The van der Waals surface area contributed by atoms with Crippen molar-refractivity contribution in [1.82, 2.24) is 0 Å². The second-order valence-corrected chi connectivity index (χ2v) is 4.78. The van der Waals surface area contributed by atoms with Gasteiger partial charge >= 0.3 is 0 Å². The number of ether oxygens (including phenoxy) is 2. The maximum Gasteiger partial charge on any atom is 0.125 e. The summed E-state index contributed by atoms with van der Waals surface area (Å²) in [5, 5.41) is 0. The van der Waals surface area contributed by atoms with Crippen LogP contribution < -0.4 is 4.74 Å². The molecule has 1 aromatic carbocycles. The first-order valence-corrected chi connectivity index (χ1v) is 5.70. The number of hydrogen-bond acceptors (Lipinski definition) is 2. The van der Waals surface area contributed by atoms with E-state index in [2.05, 4.69) is 45.9 Å². The highest BCUT2D eigenvalue weighted by Crippen LogP contribution is 2.23. The van der Waals surface area contributed by atoms with Gasteiger partial charge in [-0.2, -0.15) is 0 Å². The number of hydrogen-bond donors (Lipinski definition) is 0. The van der Waals surface area contributed by atoms with Crippen LogP contribution in [0.2, 0.25) is 0 Å². The van der Waals surface area contributed by atoms with E-state index >= 15 is 0 Å². The summed E-state index contributed by atoms with van der Waals surface area (Å²) in [5.74, 6) is 1.01. The summed E-state index contributed by atoms with van der Waals surface area (Å²) < 4.78 is 11.2. The molecule has 2 heteroatoms. The SMILES string of the molecule is COC(C)(C)CCOc1c(C)cccc1C. The normalized spacial score (nSPS) is 11.6. The Hall–Kier alpha value is -1.02. The third-order valence-electron chi connectivity index (χ3n) is 2.91. The van der Waals surface area contributed by atoms with E-state index in [-0.39, 0.29) is 5.60 Å². The molecule has 0 aromatic heterocycles. The Bertz CT molecular complexity index is 322. The molecule has 0 spiro atoms. The second kappa shape index (κ2) is 5.35. The lowest BCUT2D eigenvalue weighted by Crippen LogP contribution is -2.25. The predicted octanol–water partition coefficient (Wildman–Crippen LogP) is 3.50. The fourth-order valence-electron chi connectivity index (χ4n) is 1.53. The number of methoxy groups -OCH3 is 1. The van der Waals surface area contributed by atoms with Crippen molar-refractivity contribution in [2.75, 3.05) is 13.7 Å². The van der Waals surface area contributed by atoms with Gasteiger partial charge in [0.25, 0.3) is 0 Å². The monoisotopic (exact) mass is 222 g/mol. The van der Waals surface area contributed by atoms with Crippen LogP contribution in [-0.4, -0.2) is 19.3 Å². The molecule has 1 aromatic rings. The minimum atomic E-state index is -0.114. The molecule has 1 rings (SSSR count). The molecule has 0 amide bonds. The molecule has 90 valence electrons. The fourth-order valence-corrected chi connectivity index (χ4v) is 1.53. The predicted molar refractivity (Wildman–Crippen MR) is 67.1 cm³/mol. The van der Waals surface area contributed by atoms with Gasteiger partial charge in [-0.15, -0.1) is 0 Å². The molecule has 0 unspecified atom stereocenters. The molecule has 0 bridgehead atoms. The molecular formula is C14H22O2. The van der Waals surface area contributed by atoms with E-state index in [0.717, 1.165) is 12.2 Å². The summed E-state index contributed by atoms with van der Waals surface area (Å²) in [4.78, 5) is 0. The molecule has 0 atom stereocenters. The summed E-state index contributed by atoms with van der Waals surface area (Å²) in [7, 11) is 1.74. The largest absolute Gasteiger partial charge is 0.493 e. The number of para-hydroxylation sites is 1. The molecule has 0 aliphatic heterocycles. The maximum atomic E-state index is 5.83. The number of benzene rings is 1. The van der Waals surface area contributed by atoms with Crippen molar-refractivity contribution in [3.8, 4) is 5.75 Å². The lowest BCUT2D eigenvalue weighted by atomic mass is 10.1. The van der Waals surface area contributed by atoms with E-state index in [1.807, 2.05) is 0 Å². The van der Waals surface area contributed by atoms with Crippen LogP contribution in [0.5, 0.6) is 5.75 Å². The molecule has 16 heavy (non-hydrogen) atoms. The molecular weight excluding hydrogens is 200 g/mol. The highest BCUT2D eigenvalue weighted by molar-refractivity contribution is 5.39. The first-order valence-electron chi connectivity index (χ1n) is 5.70. The summed E-state index contributed by atoms with van der Waals surface area (Å²) >= 11 is 0. The summed E-state index contributed by atoms with van der Waals surface area (Å²) in [5.41, 5.74) is 2.27. The Morgan fingerprint density at radius 2 is 1.69 bits per heavy atom. The summed E-state index contributed by atoms with van der Waals surface area (Å²) in [6.45, 7) is 8.97. The Labute approximate surface area is 98.6 Å². The lowest BCUT2D eigenvalue weighted by molar-refractivity contribution is 0.00534. The van der Waals surface area contributed by atoms with Crippen LogP contribution in [0.3, 0.4) is 0 Å². The number of aryl methyl sites for hydroxylation is 2. The maximum absolute atomic E-state index is 5.83. The highest BCUT2D eigenvalue weighted by Gasteiger charge is 2.16. The Kier molecular flexibility index (Phi) is 4.36. The van der Waals surface area contributed by atoms with Crippen molar-refractivity contribution in [3.05, 3.63) is 29.3 Å². The molecule has 0 aliphatic rings. The van der Waals surface area contributed by atoms with Crippen molar-refractivity contribution < 1.29 is 9.47 Å². The van der Waals surface area contributed by atoms with Gasteiger partial charge in [0.2, 0.25) is 0 Å². The minimum Gasteiger partial charge on any atom is -0.493 e. The number of rotatable bonds is 5. The molecule has 0 heterocycles. The van der Waals surface area contributed by atoms with Gasteiger partial charge in [-0.25, -0.2) is 0 Å². The van der Waals surface area contributed by atoms with Crippen LogP contribution in [0.1, 0.15) is 31.4 Å². The third kappa shape index (κ3) is 3.53. The fraction of sp³-hybridized carbons (Fsp3) is 0.571. The van der Waals surface area contributed by atoms with Crippen molar-refractivity contribution in [3.63, 3.8) is 0 Å². The van der Waals surface area contributed by atoms with Crippen molar-refractivity contribution in [2.45, 2.75) is 39.7 Å². The van der Waals surface area contributed by atoms with E-state index in [1.54, 1.807) is 7.11 Å². The molecule has 0 saturated heterocycles. The standard InChI is InChI=1S/C14H22O2/c1-11-7-6-8-12(2)13(11)16-10-9-14(3,4)15-5/h6-8H,9-10H2,1-5H3. The van der Waals surface area contributed by atoms with Crippen LogP contribution >= 0.6 is 0 Å². The zero-order valence-electron chi connectivity index (χ0n) is 11.0. The van der Waals surface area contributed by atoms with E-state index in [1.165, 1.54) is 11.1 Å². The quantitative estimate of drug-likeness (QED) is 0.759. The smallest absolute Gasteiger partial charge is 0.125 e. The van der Waals surface area contributed by atoms with Gasteiger partial charge in [0.1, 0.15) is 5.75 Å². The molecule has 0 N–H and O–H groups in total. The Morgan fingerprint density at radius 3 is 2.19 bits per heavy atom. The van der Waals surface area contributed by atoms with Gasteiger partial charge in [-0.05, 0) is 38.8 Å². The molecule has 0 saturated carbocycles. The molecule has 0 radical (unpaired) electrons. The summed E-state index contributed by atoms with van der Waals surface area (Å²) in [6, 6.07) is 6.20. The van der Waals surface area contributed by atoms with E-state index in [0.29, 0.717) is 6.61 Å². The van der Waals surface area contributed by atoms with Gasteiger partial charge in [0, 0.05) is 13.5 Å². The zero-order valence-corrected chi connectivity index (χ0v) is 11.0. The zero-order chi connectivity index (χ0) is 12.2. The van der Waals surface area contributed by atoms with Gasteiger partial charge < -0.3 is 9.47 Å². The molecule has 0 aliphatic carbocycles. The van der Waals surface area contributed by atoms with Crippen LogP contribution in [0.4, 0.5) is 0 Å². The molecule has 0 fully saturated rings. The average Bonchev–Trinajstić information content (AvgIpc) is 2.22. The van der Waals surface area contributed by atoms with Crippen molar-refractivity contribution >= 4 is 0 Å². The van der Waals surface area contributed by atoms with Crippen molar-refractivity contribution in [1.29, 1.82) is 0 Å². The second-order valence-electron chi connectivity index (χ2n) is 4.78. The average molecular weight is 222 g/mol. The van der Waals surface area contributed by atoms with Crippen LogP contribution in [0, 0.1) is 13.8 Å². The Balaban J connectivity index is 2.56. The lowest BCUT2D eigenvalue weighted by Gasteiger charge is -2.23. The van der Waals surface area contributed by atoms with Gasteiger partial charge in [-0.1, -0.05) is 18.2 Å². The van der Waals surface area contributed by atoms with Gasteiger partial charge in [0.15, 0.2) is 0 Å². The van der Waals surface area contributed by atoms with Crippen LogP contribution in [-0.2, 0) is 4.74 Å². The van der Waals surface area contributed by atoms with Gasteiger partial charge in [0.05, 0.1) is 12.2 Å². The van der Waals surface area contributed by atoms with Crippen LogP contribution in [0.15, 0.2) is 18.2 Å². The van der Waals surface area contributed by atoms with Crippen molar-refractivity contribution in [2.24, 2.45) is 0 Å². The molecule has 2 nitrogen and oxygen atoms in total. The van der Waals surface area contributed by atoms with Gasteiger partial charge in [-0.3, -0.25) is 0 Å². The first kappa shape index (κ1) is 13.0. The minimum absolute atomic E-state index is 0.114. The van der Waals surface area contributed by atoms with E-state index < -0.39 is 0 Å². The highest BCUT2D eigenvalue weighted by atomic mass is 16.5. The first-order chi connectivity index (χ1) is 7.46. The van der Waals surface area contributed by atoms with E-state index in [4.69, 9.17) is 9.47 Å². The van der Waals surface area contributed by atoms with Crippen LogP contribution in [0.25, 0.3) is 0 Å². The topological polar surface area (TPSA) is 18.5 Å².